The molecular weight excluding hydrogens is 377 g/mol. The van der Waals surface area contributed by atoms with Crippen LogP contribution >= 0.6 is 23.4 Å². The van der Waals surface area contributed by atoms with Crippen molar-refractivity contribution in [2.24, 2.45) is 0 Å². The first-order valence-corrected chi connectivity index (χ1v) is 10.0. The minimum Gasteiger partial charge on any atom is -0.252 e. The van der Waals surface area contributed by atoms with E-state index in [1.165, 1.54) is 22.6 Å². The third kappa shape index (κ3) is 3.01. The van der Waals surface area contributed by atoms with Gasteiger partial charge in [0.25, 0.3) is 0 Å². The largest absolute Gasteiger partial charge is 0.252 e. The number of halogens is 2. The van der Waals surface area contributed by atoms with Crippen LogP contribution in [-0.2, 0) is 6.42 Å². The molecule has 0 radical (unpaired) electrons. The van der Waals surface area contributed by atoms with Crippen LogP contribution in [0.3, 0.4) is 0 Å². The Morgan fingerprint density at radius 3 is 2.52 bits per heavy atom. The smallest absolute Gasteiger partial charge is 0.123 e. The molecule has 1 aliphatic rings. The van der Waals surface area contributed by atoms with Crippen molar-refractivity contribution >= 4 is 34.3 Å². The molecule has 0 spiro atoms. The van der Waals surface area contributed by atoms with Crippen LogP contribution < -0.4 is 0 Å². The van der Waals surface area contributed by atoms with Crippen LogP contribution in [0.15, 0.2) is 77.7 Å². The molecule has 4 aromatic rings. The van der Waals surface area contributed by atoms with Gasteiger partial charge in [0.15, 0.2) is 0 Å². The molecule has 0 saturated carbocycles. The molecule has 3 aromatic carbocycles. The normalized spacial score (nSPS) is 15.9. The first-order valence-electron chi connectivity index (χ1n) is 8.79. The summed E-state index contributed by atoms with van der Waals surface area (Å²) >= 11 is 8.11. The molecule has 0 fully saturated rings. The number of hydrogen-bond donors (Lipinski definition) is 0. The summed E-state index contributed by atoms with van der Waals surface area (Å²) in [6, 6.07) is 23.1. The van der Waals surface area contributed by atoms with Gasteiger partial charge < -0.3 is 0 Å². The molecule has 0 amide bonds. The molecule has 27 heavy (non-hydrogen) atoms. The van der Waals surface area contributed by atoms with E-state index < -0.39 is 0 Å². The average Bonchev–Trinajstić information content (AvgIpc) is 3.11. The fourth-order valence-corrected chi connectivity index (χ4v) is 5.25. The predicted molar refractivity (Wildman–Crippen MR) is 111 cm³/mol. The van der Waals surface area contributed by atoms with Crippen LogP contribution in [-0.4, -0.2) is 4.98 Å². The third-order valence-corrected chi connectivity index (χ3v) is 6.55. The van der Waals surface area contributed by atoms with Crippen LogP contribution in [0.5, 0.6) is 0 Å². The number of benzene rings is 3. The van der Waals surface area contributed by atoms with Gasteiger partial charge in [-0.15, -0.1) is 11.8 Å². The lowest BCUT2D eigenvalue weighted by atomic mass is 9.98. The van der Waals surface area contributed by atoms with Gasteiger partial charge in [-0.05, 0) is 41.5 Å². The highest BCUT2D eigenvalue weighted by Gasteiger charge is 2.29. The maximum absolute atomic E-state index is 13.3. The lowest BCUT2D eigenvalue weighted by Crippen LogP contribution is -1.95. The quantitative estimate of drug-likeness (QED) is 0.362. The fourth-order valence-electron chi connectivity index (χ4n) is 3.65. The van der Waals surface area contributed by atoms with Gasteiger partial charge >= 0.3 is 0 Å². The number of hydrogen-bond acceptors (Lipinski definition) is 2. The lowest BCUT2D eigenvalue weighted by Gasteiger charge is -2.13. The summed E-state index contributed by atoms with van der Waals surface area (Å²) < 4.78 is 13.3. The Hall–Kier alpha value is -2.36. The van der Waals surface area contributed by atoms with Gasteiger partial charge in [0.2, 0.25) is 0 Å². The van der Waals surface area contributed by atoms with Crippen molar-refractivity contribution in [1.29, 1.82) is 0 Å². The topological polar surface area (TPSA) is 12.9 Å². The predicted octanol–water partition coefficient (Wildman–Crippen LogP) is 7.08. The lowest BCUT2D eigenvalue weighted by molar-refractivity contribution is 0.627. The molecule has 2 heterocycles. The van der Waals surface area contributed by atoms with Crippen LogP contribution in [0.25, 0.3) is 22.0 Å². The number of rotatable bonds is 2. The van der Waals surface area contributed by atoms with Crippen molar-refractivity contribution in [1.82, 2.24) is 4.98 Å². The summed E-state index contributed by atoms with van der Waals surface area (Å²) in [6.45, 7) is 0. The van der Waals surface area contributed by atoms with Crippen molar-refractivity contribution in [3.63, 3.8) is 0 Å². The molecule has 0 bridgehead atoms. The van der Waals surface area contributed by atoms with Gasteiger partial charge in [0.1, 0.15) is 5.82 Å². The highest BCUT2D eigenvalue weighted by Crippen LogP contribution is 2.51. The molecule has 1 nitrogen and oxygen atoms in total. The Morgan fingerprint density at radius 2 is 1.74 bits per heavy atom. The Morgan fingerprint density at radius 1 is 0.963 bits per heavy atom. The van der Waals surface area contributed by atoms with E-state index in [1.807, 2.05) is 48.2 Å². The minimum atomic E-state index is -0.206. The monoisotopic (exact) mass is 391 g/mol. The SMILES string of the molecule is Fc1ccc(C2Cc3nc4ccc(Cl)cc4c(-c4ccccc4)c3S2)cc1. The Kier molecular flexibility index (Phi) is 4.14. The molecule has 4 heteroatoms. The maximum atomic E-state index is 13.3. The van der Waals surface area contributed by atoms with Crippen molar-refractivity contribution < 1.29 is 4.39 Å². The number of pyridine rings is 1. The number of aromatic nitrogens is 1. The number of nitrogens with zero attached hydrogens (tertiary/aromatic N) is 1. The van der Waals surface area contributed by atoms with E-state index in [0.29, 0.717) is 5.02 Å². The van der Waals surface area contributed by atoms with Crippen LogP contribution in [0.4, 0.5) is 4.39 Å². The van der Waals surface area contributed by atoms with E-state index in [2.05, 4.69) is 24.3 Å². The zero-order valence-corrected chi connectivity index (χ0v) is 15.9. The third-order valence-electron chi connectivity index (χ3n) is 4.92. The second-order valence-electron chi connectivity index (χ2n) is 6.65. The standard InChI is InChI=1S/C23H15ClFNS/c24-16-8-11-19-18(12-16)22(15-4-2-1-3-5-15)23-20(26-19)13-21(27-23)14-6-9-17(25)10-7-14/h1-12,21H,13H2. The molecule has 132 valence electrons. The molecule has 0 saturated heterocycles. The fraction of sp³-hybridized carbons (Fsp3) is 0.0870. The summed E-state index contributed by atoms with van der Waals surface area (Å²) in [7, 11) is 0. The zero-order chi connectivity index (χ0) is 18.4. The molecule has 1 unspecified atom stereocenters. The first-order chi connectivity index (χ1) is 13.2. The van der Waals surface area contributed by atoms with Crippen molar-refractivity contribution in [2.45, 2.75) is 16.6 Å². The molecule has 5 rings (SSSR count). The van der Waals surface area contributed by atoms with E-state index in [9.17, 15) is 4.39 Å². The van der Waals surface area contributed by atoms with Crippen molar-refractivity contribution in [3.05, 3.63) is 94.9 Å². The van der Waals surface area contributed by atoms with Crippen LogP contribution in [0.2, 0.25) is 5.02 Å². The Balaban J connectivity index is 1.70. The Labute approximate surface area is 166 Å². The number of fused-ring (bicyclic) bond motifs is 2. The molecule has 1 aliphatic heterocycles. The van der Waals surface area contributed by atoms with Gasteiger partial charge in [-0.25, -0.2) is 4.39 Å². The number of thioether (sulfide) groups is 1. The molecule has 1 atom stereocenters. The first kappa shape index (κ1) is 16.8. The van der Waals surface area contributed by atoms with Gasteiger partial charge in [-0.1, -0.05) is 54.1 Å². The van der Waals surface area contributed by atoms with Gasteiger partial charge in [-0.2, -0.15) is 0 Å². The van der Waals surface area contributed by atoms with Gasteiger partial charge in [0, 0.05) is 32.5 Å². The highest BCUT2D eigenvalue weighted by atomic mass is 35.5. The molecular formula is C23H15ClFNS. The van der Waals surface area contributed by atoms with Crippen molar-refractivity contribution in [3.8, 4) is 11.1 Å². The van der Waals surface area contributed by atoms with Crippen LogP contribution in [0.1, 0.15) is 16.5 Å². The van der Waals surface area contributed by atoms with E-state index >= 15 is 0 Å². The van der Waals surface area contributed by atoms with Crippen LogP contribution in [0, 0.1) is 5.82 Å². The summed E-state index contributed by atoms with van der Waals surface area (Å²) in [4.78, 5) is 6.12. The summed E-state index contributed by atoms with van der Waals surface area (Å²) in [5.41, 5.74) is 5.53. The second-order valence-corrected chi connectivity index (χ2v) is 8.30. The maximum Gasteiger partial charge on any atom is 0.123 e. The van der Waals surface area contributed by atoms with E-state index in [0.717, 1.165) is 34.1 Å². The van der Waals surface area contributed by atoms with E-state index in [-0.39, 0.29) is 11.1 Å². The van der Waals surface area contributed by atoms with Gasteiger partial charge in [0.05, 0.1) is 11.2 Å². The zero-order valence-electron chi connectivity index (χ0n) is 14.3. The summed E-state index contributed by atoms with van der Waals surface area (Å²) in [6.07, 6.45) is 0.837. The summed E-state index contributed by atoms with van der Waals surface area (Å²) in [5.74, 6) is -0.206. The molecule has 0 N–H and O–H groups in total. The molecule has 1 aromatic heterocycles. The Bertz CT molecular complexity index is 1140. The average molecular weight is 392 g/mol. The summed E-state index contributed by atoms with van der Waals surface area (Å²) in [5, 5.41) is 2.02. The highest BCUT2D eigenvalue weighted by molar-refractivity contribution is 8.00. The minimum absolute atomic E-state index is 0.206. The second kappa shape index (κ2) is 6.66. The van der Waals surface area contributed by atoms with Crippen molar-refractivity contribution in [2.75, 3.05) is 0 Å². The molecule has 0 aliphatic carbocycles. The van der Waals surface area contributed by atoms with Gasteiger partial charge in [-0.3, -0.25) is 4.98 Å². The van der Waals surface area contributed by atoms with E-state index in [4.69, 9.17) is 16.6 Å². The van der Waals surface area contributed by atoms with E-state index in [1.54, 1.807) is 0 Å².